The first-order valence-electron chi connectivity index (χ1n) is 10.1. The van der Waals surface area contributed by atoms with Gasteiger partial charge < -0.3 is 20.1 Å². The maximum absolute atomic E-state index is 13.9. The molecule has 7 heteroatoms. The highest BCUT2D eigenvalue weighted by Gasteiger charge is 2.35. The second kappa shape index (κ2) is 12.1. The van der Waals surface area contributed by atoms with Gasteiger partial charge in [0.05, 0.1) is 13.7 Å². The lowest BCUT2D eigenvalue weighted by Gasteiger charge is -2.38. The summed E-state index contributed by atoms with van der Waals surface area (Å²) in [6.07, 6.45) is 1.69. The molecule has 0 aliphatic carbocycles. The number of para-hydroxylation sites is 1. The van der Waals surface area contributed by atoms with Crippen LogP contribution in [0.4, 0.5) is 4.39 Å². The summed E-state index contributed by atoms with van der Waals surface area (Å²) in [4.78, 5) is 4.73. The Morgan fingerprint density at radius 1 is 1.13 bits per heavy atom. The second-order valence-electron chi connectivity index (χ2n) is 7.26. The van der Waals surface area contributed by atoms with E-state index in [4.69, 9.17) is 14.5 Å². The van der Waals surface area contributed by atoms with Crippen LogP contribution in [0.2, 0.25) is 0 Å². The zero-order valence-corrected chi connectivity index (χ0v) is 19.9. The van der Waals surface area contributed by atoms with Gasteiger partial charge in [-0.15, -0.1) is 24.0 Å². The first kappa shape index (κ1) is 24.4. The Kier molecular flexibility index (Phi) is 9.84. The quantitative estimate of drug-likeness (QED) is 0.321. The van der Waals surface area contributed by atoms with Gasteiger partial charge in [0.25, 0.3) is 0 Å². The molecule has 1 heterocycles. The van der Waals surface area contributed by atoms with E-state index in [2.05, 4.69) is 10.6 Å². The lowest BCUT2D eigenvalue weighted by molar-refractivity contribution is 0.0513. The highest BCUT2D eigenvalue weighted by atomic mass is 127. The van der Waals surface area contributed by atoms with Crippen molar-refractivity contribution >= 4 is 29.9 Å². The van der Waals surface area contributed by atoms with Crippen molar-refractivity contribution in [1.29, 1.82) is 0 Å². The molecule has 0 spiro atoms. The summed E-state index contributed by atoms with van der Waals surface area (Å²) in [6.45, 7) is 5.32. The third-order valence-electron chi connectivity index (χ3n) is 5.43. The monoisotopic (exact) mass is 527 g/mol. The number of ether oxygens (including phenoxy) is 2. The molecule has 1 aliphatic heterocycles. The fourth-order valence-corrected chi connectivity index (χ4v) is 3.74. The van der Waals surface area contributed by atoms with Gasteiger partial charge in [0.2, 0.25) is 0 Å². The topological polar surface area (TPSA) is 54.9 Å². The third kappa shape index (κ3) is 6.31. The average Bonchev–Trinajstić information content (AvgIpc) is 2.76. The van der Waals surface area contributed by atoms with Crippen LogP contribution in [0.15, 0.2) is 53.5 Å². The van der Waals surface area contributed by atoms with Crippen LogP contribution < -0.4 is 15.4 Å². The van der Waals surface area contributed by atoms with Crippen LogP contribution in [0.3, 0.4) is 0 Å². The second-order valence-corrected chi connectivity index (χ2v) is 7.26. The van der Waals surface area contributed by atoms with Gasteiger partial charge in [-0.3, -0.25) is 0 Å². The number of hydrogen-bond acceptors (Lipinski definition) is 3. The summed E-state index contributed by atoms with van der Waals surface area (Å²) in [5.41, 5.74) is 1.85. The number of guanidine groups is 1. The van der Waals surface area contributed by atoms with Gasteiger partial charge in [-0.2, -0.15) is 0 Å². The van der Waals surface area contributed by atoms with Gasteiger partial charge in [0.1, 0.15) is 11.6 Å². The highest BCUT2D eigenvalue weighted by molar-refractivity contribution is 14.0. The summed E-state index contributed by atoms with van der Waals surface area (Å²) in [6, 6.07) is 14.8. The van der Waals surface area contributed by atoms with E-state index in [1.807, 2.05) is 37.3 Å². The van der Waals surface area contributed by atoms with Crippen molar-refractivity contribution in [3.05, 3.63) is 65.5 Å². The molecule has 1 fully saturated rings. The molecule has 0 amide bonds. The Morgan fingerprint density at radius 2 is 1.90 bits per heavy atom. The number of methoxy groups -OCH3 is 1. The predicted molar refractivity (Wildman–Crippen MR) is 129 cm³/mol. The van der Waals surface area contributed by atoms with Crippen LogP contribution in [0, 0.1) is 5.82 Å². The number of aliphatic imine (C=N–C) groups is 1. The average molecular weight is 527 g/mol. The van der Waals surface area contributed by atoms with Crippen molar-refractivity contribution in [2.24, 2.45) is 4.99 Å². The Labute approximate surface area is 195 Å². The molecule has 2 aromatic carbocycles. The van der Waals surface area contributed by atoms with Crippen LogP contribution >= 0.6 is 24.0 Å². The van der Waals surface area contributed by atoms with E-state index in [0.717, 1.165) is 42.2 Å². The molecule has 0 radical (unpaired) electrons. The van der Waals surface area contributed by atoms with Gasteiger partial charge in [0, 0.05) is 37.3 Å². The molecule has 0 aromatic heterocycles. The Bertz CT molecular complexity index is 826. The Hall–Kier alpha value is -1.87. The maximum Gasteiger partial charge on any atom is 0.191 e. The van der Waals surface area contributed by atoms with Crippen LogP contribution in [0.25, 0.3) is 0 Å². The SMILES string of the molecule is CCNC(=NCc1ccccc1OC)NCC1(c2cccc(F)c2)CCOCC1.I. The van der Waals surface area contributed by atoms with Crippen LogP contribution in [0.1, 0.15) is 30.9 Å². The lowest BCUT2D eigenvalue weighted by Crippen LogP contribution is -2.48. The number of rotatable bonds is 7. The zero-order chi connectivity index (χ0) is 20.5. The standard InChI is InChI=1S/C23H30FN3O2.HI/c1-3-25-22(26-16-18-7-4-5-10-21(18)28-2)27-17-23(11-13-29-14-12-23)19-8-6-9-20(24)15-19;/h4-10,15H,3,11-14,16-17H2,1-2H3,(H2,25,26,27);1H. The van der Waals surface area contributed by atoms with E-state index >= 15 is 0 Å². The van der Waals surface area contributed by atoms with Crippen LogP contribution in [-0.4, -0.2) is 39.4 Å². The summed E-state index contributed by atoms with van der Waals surface area (Å²) in [5.74, 6) is 1.36. The van der Waals surface area contributed by atoms with Gasteiger partial charge in [-0.05, 0) is 43.5 Å². The first-order valence-corrected chi connectivity index (χ1v) is 10.1. The summed E-state index contributed by atoms with van der Waals surface area (Å²) in [7, 11) is 1.67. The van der Waals surface area contributed by atoms with E-state index in [1.54, 1.807) is 19.2 Å². The summed E-state index contributed by atoms with van der Waals surface area (Å²) >= 11 is 0. The number of nitrogens with zero attached hydrogens (tertiary/aromatic N) is 1. The van der Waals surface area contributed by atoms with E-state index < -0.39 is 0 Å². The molecule has 164 valence electrons. The molecule has 2 N–H and O–H groups in total. The Balaban J connectivity index is 0.00000320. The Morgan fingerprint density at radius 3 is 2.60 bits per heavy atom. The zero-order valence-electron chi connectivity index (χ0n) is 17.6. The van der Waals surface area contributed by atoms with E-state index in [0.29, 0.717) is 26.3 Å². The molecule has 1 saturated heterocycles. The van der Waals surface area contributed by atoms with Crippen molar-refractivity contribution < 1.29 is 13.9 Å². The van der Waals surface area contributed by atoms with Crippen molar-refractivity contribution in [2.45, 2.75) is 31.7 Å². The fourth-order valence-electron chi connectivity index (χ4n) is 3.74. The van der Waals surface area contributed by atoms with Crippen LogP contribution in [0.5, 0.6) is 5.75 Å². The molecule has 3 rings (SSSR count). The van der Waals surface area contributed by atoms with E-state index in [-0.39, 0.29) is 35.2 Å². The van der Waals surface area contributed by atoms with Crippen molar-refractivity contribution in [1.82, 2.24) is 10.6 Å². The molecular weight excluding hydrogens is 496 g/mol. The minimum Gasteiger partial charge on any atom is -0.496 e. The third-order valence-corrected chi connectivity index (χ3v) is 5.43. The number of halogens is 2. The summed E-state index contributed by atoms with van der Waals surface area (Å²) < 4.78 is 24.9. The molecule has 0 atom stereocenters. The van der Waals surface area contributed by atoms with Crippen molar-refractivity contribution in [2.75, 3.05) is 33.4 Å². The maximum atomic E-state index is 13.9. The molecule has 0 unspecified atom stereocenters. The first-order chi connectivity index (χ1) is 14.2. The van der Waals surface area contributed by atoms with Crippen molar-refractivity contribution in [3.8, 4) is 5.75 Å². The van der Waals surface area contributed by atoms with E-state index in [9.17, 15) is 4.39 Å². The number of nitrogens with one attached hydrogen (secondary N) is 2. The molecule has 5 nitrogen and oxygen atoms in total. The minimum absolute atomic E-state index is 0. The number of hydrogen-bond donors (Lipinski definition) is 2. The van der Waals surface area contributed by atoms with Gasteiger partial charge in [0.15, 0.2) is 5.96 Å². The largest absolute Gasteiger partial charge is 0.496 e. The van der Waals surface area contributed by atoms with E-state index in [1.165, 1.54) is 6.07 Å². The predicted octanol–water partition coefficient (Wildman–Crippen LogP) is 4.26. The molecule has 1 aliphatic rings. The van der Waals surface area contributed by atoms with Gasteiger partial charge >= 0.3 is 0 Å². The normalized spacial score (nSPS) is 15.8. The highest BCUT2D eigenvalue weighted by Crippen LogP contribution is 2.34. The van der Waals surface area contributed by atoms with Crippen molar-refractivity contribution in [3.63, 3.8) is 0 Å². The van der Waals surface area contributed by atoms with Crippen LogP contribution in [-0.2, 0) is 16.7 Å². The van der Waals surface area contributed by atoms with Gasteiger partial charge in [-0.1, -0.05) is 30.3 Å². The summed E-state index contributed by atoms with van der Waals surface area (Å²) in [5, 5.41) is 6.78. The molecular formula is C23H31FIN3O2. The number of benzene rings is 2. The molecule has 30 heavy (non-hydrogen) atoms. The van der Waals surface area contributed by atoms with Gasteiger partial charge in [-0.25, -0.2) is 9.38 Å². The lowest BCUT2D eigenvalue weighted by atomic mass is 9.74. The minimum atomic E-state index is -0.204. The smallest absolute Gasteiger partial charge is 0.191 e. The fraction of sp³-hybridized carbons (Fsp3) is 0.435. The molecule has 2 aromatic rings. The molecule has 0 saturated carbocycles. The molecule has 0 bridgehead atoms.